The molecule has 0 heterocycles. The Morgan fingerprint density at radius 3 is 1.96 bits per heavy atom. The summed E-state index contributed by atoms with van der Waals surface area (Å²) in [7, 11) is 3.74. The minimum absolute atomic E-state index is 0.134. The first-order chi connectivity index (χ1) is 12.8. The summed E-state index contributed by atoms with van der Waals surface area (Å²) < 4.78 is 41.1. The maximum Gasteiger partial charge on any atom is 0.259 e. The lowest BCUT2D eigenvalue weighted by Gasteiger charge is -2.16. The summed E-state index contributed by atoms with van der Waals surface area (Å²) in [5, 5.41) is 2.71. The fourth-order valence-corrected chi connectivity index (χ4v) is 3.30. The molecule has 0 saturated carbocycles. The van der Waals surface area contributed by atoms with Gasteiger partial charge < -0.3 is 19.5 Å². The summed E-state index contributed by atoms with van der Waals surface area (Å²) in [5.41, 5.74) is 0.690. The van der Waals surface area contributed by atoms with Crippen molar-refractivity contribution in [3.8, 4) is 17.2 Å². The summed E-state index contributed by atoms with van der Waals surface area (Å²) in [4.78, 5) is 12.8. The minimum Gasteiger partial charge on any atom is -0.493 e. The van der Waals surface area contributed by atoms with Crippen LogP contribution in [0.3, 0.4) is 0 Å². The van der Waals surface area contributed by atoms with E-state index in [-0.39, 0.29) is 16.2 Å². The van der Waals surface area contributed by atoms with Gasteiger partial charge in [-0.25, -0.2) is 12.7 Å². The Morgan fingerprint density at radius 2 is 1.48 bits per heavy atom. The highest BCUT2D eigenvalue weighted by Gasteiger charge is 2.21. The molecule has 2 aromatic rings. The van der Waals surface area contributed by atoms with Crippen LogP contribution in [0, 0.1) is 0 Å². The number of nitrogens with zero attached hydrogens (tertiary/aromatic N) is 1. The smallest absolute Gasteiger partial charge is 0.259 e. The minimum atomic E-state index is -3.53. The van der Waals surface area contributed by atoms with Crippen LogP contribution in [0.15, 0.2) is 41.3 Å². The van der Waals surface area contributed by atoms with Crippen molar-refractivity contribution < 1.29 is 27.4 Å². The van der Waals surface area contributed by atoms with Gasteiger partial charge in [-0.2, -0.15) is 0 Å². The lowest BCUT2D eigenvalue weighted by atomic mass is 10.1. The zero-order valence-corrected chi connectivity index (χ0v) is 16.6. The van der Waals surface area contributed by atoms with Crippen LogP contribution in [0.5, 0.6) is 17.2 Å². The molecule has 2 rings (SSSR count). The monoisotopic (exact) mass is 394 g/mol. The lowest BCUT2D eigenvalue weighted by molar-refractivity contribution is 0.102. The quantitative estimate of drug-likeness (QED) is 0.774. The van der Waals surface area contributed by atoms with Crippen molar-refractivity contribution in [1.82, 2.24) is 4.31 Å². The Labute approximate surface area is 158 Å². The van der Waals surface area contributed by atoms with E-state index in [9.17, 15) is 13.2 Å². The topological polar surface area (TPSA) is 94.2 Å². The molecule has 0 spiro atoms. The van der Waals surface area contributed by atoms with Crippen LogP contribution in [0.4, 0.5) is 5.69 Å². The van der Waals surface area contributed by atoms with Crippen LogP contribution < -0.4 is 19.5 Å². The van der Waals surface area contributed by atoms with E-state index in [0.29, 0.717) is 17.2 Å². The molecule has 2 aromatic carbocycles. The predicted molar refractivity (Wildman–Crippen MR) is 101 cm³/mol. The molecule has 9 heteroatoms. The van der Waals surface area contributed by atoms with Crippen LogP contribution in [0.2, 0.25) is 0 Å². The molecule has 0 fully saturated rings. The van der Waals surface area contributed by atoms with Crippen LogP contribution in [0.25, 0.3) is 0 Å². The van der Waals surface area contributed by atoms with Gasteiger partial charge in [0, 0.05) is 19.8 Å². The molecule has 1 N–H and O–H groups in total. The Morgan fingerprint density at radius 1 is 0.889 bits per heavy atom. The number of hydrogen-bond donors (Lipinski definition) is 1. The van der Waals surface area contributed by atoms with Crippen molar-refractivity contribution in [3.63, 3.8) is 0 Å². The zero-order valence-electron chi connectivity index (χ0n) is 15.8. The molecule has 0 unspecified atom stereocenters. The van der Waals surface area contributed by atoms with E-state index in [1.807, 2.05) is 0 Å². The molecule has 27 heavy (non-hydrogen) atoms. The second-order valence-corrected chi connectivity index (χ2v) is 7.80. The average Bonchev–Trinajstić information content (AvgIpc) is 2.66. The molecule has 0 aliphatic rings. The number of ether oxygens (including phenoxy) is 3. The first-order valence-electron chi connectivity index (χ1n) is 7.89. The van der Waals surface area contributed by atoms with Crippen molar-refractivity contribution in [1.29, 1.82) is 0 Å². The van der Waals surface area contributed by atoms with E-state index in [1.165, 1.54) is 59.7 Å². The predicted octanol–water partition coefficient (Wildman–Crippen LogP) is 2.21. The number of methoxy groups -OCH3 is 3. The molecule has 0 radical (unpaired) electrons. The molecule has 0 atom stereocenters. The Balaban J connectivity index is 2.30. The summed E-state index contributed by atoms with van der Waals surface area (Å²) in [6.07, 6.45) is 0. The number of amides is 1. The van der Waals surface area contributed by atoms with E-state index >= 15 is 0 Å². The number of hydrogen-bond acceptors (Lipinski definition) is 6. The third-order valence-corrected chi connectivity index (χ3v) is 5.67. The number of carbonyl (C=O) groups excluding carboxylic acids is 1. The fourth-order valence-electron chi connectivity index (χ4n) is 2.40. The number of rotatable bonds is 7. The lowest BCUT2D eigenvalue weighted by Crippen LogP contribution is -2.22. The van der Waals surface area contributed by atoms with Crippen LogP contribution >= 0.6 is 0 Å². The number of carbonyl (C=O) groups is 1. The highest BCUT2D eigenvalue weighted by Crippen LogP contribution is 2.39. The van der Waals surface area contributed by atoms with Gasteiger partial charge in [0.15, 0.2) is 11.5 Å². The Bertz CT molecular complexity index is 924. The molecule has 0 aliphatic heterocycles. The summed E-state index contributed by atoms with van der Waals surface area (Å²) in [6.45, 7) is 0. The van der Waals surface area contributed by atoms with E-state index < -0.39 is 15.9 Å². The van der Waals surface area contributed by atoms with Crippen molar-refractivity contribution >= 4 is 21.6 Å². The maximum atomic E-state index is 12.6. The highest BCUT2D eigenvalue weighted by atomic mass is 32.2. The van der Waals surface area contributed by atoms with Gasteiger partial charge in [-0.1, -0.05) is 0 Å². The molecule has 8 nitrogen and oxygen atoms in total. The number of sulfonamides is 1. The third kappa shape index (κ3) is 4.15. The van der Waals surface area contributed by atoms with Gasteiger partial charge in [-0.15, -0.1) is 0 Å². The molecule has 0 saturated heterocycles. The summed E-state index contributed by atoms with van der Waals surface area (Å²) in [6, 6.07) is 9.04. The van der Waals surface area contributed by atoms with E-state index in [4.69, 9.17) is 14.2 Å². The largest absolute Gasteiger partial charge is 0.493 e. The first-order valence-corrected chi connectivity index (χ1v) is 9.33. The van der Waals surface area contributed by atoms with Gasteiger partial charge in [-0.05, 0) is 36.4 Å². The molecule has 146 valence electrons. The first kappa shape index (κ1) is 20.5. The number of nitrogens with one attached hydrogen (secondary N) is 1. The molecule has 1 amide bonds. The standard InChI is InChI=1S/C18H22N2O6S/c1-20(2)27(22,23)13-8-6-12(7-9-13)19-18(21)14-10-11-15(24-3)17(26-5)16(14)25-4/h6-11H,1-5H3,(H,19,21). The van der Waals surface area contributed by atoms with Crippen LogP contribution in [-0.2, 0) is 10.0 Å². The molecular weight excluding hydrogens is 372 g/mol. The van der Waals surface area contributed by atoms with Gasteiger partial charge in [0.25, 0.3) is 5.91 Å². The molecule has 0 aliphatic carbocycles. The van der Waals surface area contributed by atoms with E-state index in [0.717, 1.165) is 4.31 Å². The van der Waals surface area contributed by atoms with Crippen LogP contribution in [0.1, 0.15) is 10.4 Å². The van der Waals surface area contributed by atoms with Crippen molar-refractivity contribution in [2.45, 2.75) is 4.90 Å². The van der Waals surface area contributed by atoms with Gasteiger partial charge in [0.2, 0.25) is 15.8 Å². The van der Waals surface area contributed by atoms with E-state index in [1.54, 1.807) is 12.1 Å². The van der Waals surface area contributed by atoms with E-state index in [2.05, 4.69) is 5.32 Å². The summed E-state index contributed by atoms with van der Waals surface area (Å²) >= 11 is 0. The average molecular weight is 394 g/mol. The second kappa shape index (κ2) is 8.28. The van der Waals surface area contributed by atoms with Crippen molar-refractivity contribution in [2.75, 3.05) is 40.7 Å². The Hall–Kier alpha value is -2.78. The SMILES string of the molecule is COc1ccc(C(=O)Nc2ccc(S(=O)(=O)N(C)C)cc2)c(OC)c1OC. The number of benzene rings is 2. The number of anilines is 1. The fraction of sp³-hybridized carbons (Fsp3) is 0.278. The van der Waals surface area contributed by atoms with Crippen molar-refractivity contribution in [3.05, 3.63) is 42.0 Å². The van der Waals surface area contributed by atoms with Gasteiger partial charge in [0.05, 0.1) is 31.8 Å². The summed E-state index contributed by atoms with van der Waals surface area (Å²) in [5.74, 6) is 0.543. The third-order valence-electron chi connectivity index (χ3n) is 3.84. The Kier molecular flexibility index (Phi) is 6.29. The van der Waals surface area contributed by atoms with Gasteiger partial charge >= 0.3 is 0 Å². The normalized spacial score (nSPS) is 11.2. The molecule has 0 bridgehead atoms. The van der Waals surface area contributed by atoms with Gasteiger partial charge in [0.1, 0.15) is 0 Å². The molecular formula is C18H22N2O6S. The second-order valence-electron chi connectivity index (χ2n) is 5.65. The zero-order chi connectivity index (χ0) is 20.2. The van der Waals surface area contributed by atoms with Crippen molar-refractivity contribution in [2.24, 2.45) is 0 Å². The maximum absolute atomic E-state index is 12.6. The molecule has 0 aromatic heterocycles. The highest BCUT2D eigenvalue weighted by molar-refractivity contribution is 7.89. The van der Waals surface area contributed by atoms with Gasteiger partial charge in [-0.3, -0.25) is 4.79 Å². The van der Waals surface area contributed by atoms with Crippen LogP contribution in [-0.4, -0.2) is 54.1 Å².